The van der Waals surface area contributed by atoms with Crippen LogP contribution in [-0.2, 0) is 17.6 Å². The Morgan fingerprint density at radius 3 is 2.20 bits per heavy atom. The van der Waals surface area contributed by atoms with Crippen LogP contribution in [0, 0.1) is 0 Å². The minimum Gasteiger partial charge on any atom is -0.384 e. The normalized spacial score (nSPS) is 12.3. The first-order valence-corrected chi connectivity index (χ1v) is 7.14. The summed E-state index contributed by atoms with van der Waals surface area (Å²) in [6.45, 7) is 0.746. The number of rotatable bonds is 6. The maximum Gasteiger partial charge on any atom is 0.0502 e. The van der Waals surface area contributed by atoms with Gasteiger partial charge in [0.1, 0.15) is 0 Å². The highest BCUT2D eigenvalue weighted by atomic mass is 35.5. The van der Waals surface area contributed by atoms with Crippen molar-refractivity contribution in [3.05, 3.63) is 70.2 Å². The van der Waals surface area contributed by atoms with Crippen LogP contribution in [-0.4, -0.2) is 13.7 Å². The highest BCUT2D eigenvalue weighted by molar-refractivity contribution is 6.30. The van der Waals surface area contributed by atoms with Crippen molar-refractivity contribution in [3.63, 3.8) is 0 Å². The molecular formula is C17H20ClNO. The van der Waals surface area contributed by atoms with E-state index in [0.29, 0.717) is 0 Å². The number of ether oxygens (including phenoxy) is 1. The molecule has 0 saturated heterocycles. The van der Waals surface area contributed by atoms with Gasteiger partial charge in [-0.2, -0.15) is 0 Å². The summed E-state index contributed by atoms with van der Waals surface area (Å²) < 4.78 is 5.08. The molecule has 106 valence electrons. The molecule has 0 aliphatic rings. The zero-order valence-electron chi connectivity index (χ0n) is 11.7. The molecule has 2 rings (SSSR count). The third kappa shape index (κ3) is 4.34. The molecule has 0 bridgehead atoms. The topological polar surface area (TPSA) is 35.2 Å². The van der Waals surface area contributed by atoms with Gasteiger partial charge in [0.25, 0.3) is 0 Å². The molecule has 1 unspecified atom stereocenters. The van der Waals surface area contributed by atoms with E-state index in [1.165, 1.54) is 11.1 Å². The maximum absolute atomic E-state index is 6.26. The van der Waals surface area contributed by atoms with Crippen molar-refractivity contribution in [2.24, 2.45) is 5.73 Å². The van der Waals surface area contributed by atoms with Gasteiger partial charge in [-0.15, -0.1) is 0 Å². The second-order valence-electron chi connectivity index (χ2n) is 4.92. The molecule has 0 saturated carbocycles. The molecule has 0 heterocycles. The highest BCUT2D eigenvalue weighted by Gasteiger charge is 2.07. The largest absolute Gasteiger partial charge is 0.384 e. The fraction of sp³-hybridized carbons (Fsp3) is 0.294. The molecule has 0 aliphatic carbocycles. The Kier molecular flexibility index (Phi) is 5.60. The SMILES string of the molecule is COCCc1ccc(C(N)Cc2ccc(Cl)cc2)cc1. The van der Waals surface area contributed by atoms with Crippen LogP contribution in [0.5, 0.6) is 0 Å². The van der Waals surface area contributed by atoms with Gasteiger partial charge in [-0.1, -0.05) is 48.0 Å². The standard InChI is InChI=1S/C17H20ClNO/c1-20-11-10-13-2-6-15(7-3-13)17(19)12-14-4-8-16(18)9-5-14/h2-9,17H,10-12,19H2,1H3. The van der Waals surface area contributed by atoms with Crippen LogP contribution in [0.3, 0.4) is 0 Å². The van der Waals surface area contributed by atoms with Gasteiger partial charge in [-0.3, -0.25) is 0 Å². The summed E-state index contributed by atoms with van der Waals surface area (Å²) in [5.41, 5.74) is 9.88. The van der Waals surface area contributed by atoms with Gasteiger partial charge >= 0.3 is 0 Å². The van der Waals surface area contributed by atoms with Crippen molar-refractivity contribution in [1.82, 2.24) is 0 Å². The lowest BCUT2D eigenvalue weighted by Gasteiger charge is -2.13. The van der Waals surface area contributed by atoms with Crippen molar-refractivity contribution in [2.75, 3.05) is 13.7 Å². The van der Waals surface area contributed by atoms with E-state index in [0.717, 1.165) is 30.0 Å². The molecule has 0 aromatic heterocycles. The summed E-state index contributed by atoms with van der Waals surface area (Å²) in [4.78, 5) is 0. The predicted molar refractivity (Wildman–Crippen MR) is 84.1 cm³/mol. The summed E-state index contributed by atoms with van der Waals surface area (Å²) in [6.07, 6.45) is 1.75. The molecule has 2 aromatic rings. The Hall–Kier alpha value is -1.35. The molecule has 2 aromatic carbocycles. The van der Waals surface area contributed by atoms with Crippen molar-refractivity contribution < 1.29 is 4.74 Å². The highest BCUT2D eigenvalue weighted by Crippen LogP contribution is 2.18. The number of hydrogen-bond acceptors (Lipinski definition) is 2. The summed E-state index contributed by atoms with van der Waals surface area (Å²) >= 11 is 5.88. The van der Waals surface area contributed by atoms with E-state index < -0.39 is 0 Å². The molecule has 2 nitrogen and oxygen atoms in total. The van der Waals surface area contributed by atoms with Crippen molar-refractivity contribution >= 4 is 11.6 Å². The molecule has 2 N–H and O–H groups in total. The third-order valence-electron chi connectivity index (χ3n) is 3.37. The van der Waals surface area contributed by atoms with Gasteiger partial charge in [0.05, 0.1) is 6.61 Å². The van der Waals surface area contributed by atoms with Crippen molar-refractivity contribution in [3.8, 4) is 0 Å². The predicted octanol–water partition coefficient (Wildman–Crippen LogP) is 3.77. The molecule has 3 heteroatoms. The molecule has 0 fully saturated rings. The van der Waals surface area contributed by atoms with Crippen LogP contribution in [0.1, 0.15) is 22.7 Å². The number of methoxy groups -OCH3 is 1. The summed E-state index contributed by atoms with van der Waals surface area (Å²) in [6, 6.07) is 16.3. The minimum absolute atomic E-state index is 0.00708. The first-order chi connectivity index (χ1) is 9.69. The van der Waals surface area contributed by atoms with Gasteiger partial charge in [0.2, 0.25) is 0 Å². The van der Waals surface area contributed by atoms with Crippen LogP contribution >= 0.6 is 11.6 Å². The second-order valence-corrected chi connectivity index (χ2v) is 5.36. The Balaban J connectivity index is 1.98. The van der Waals surface area contributed by atoms with E-state index in [9.17, 15) is 0 Å². The summed E-state index contributed by atoms with van der Waals surface area (Å²) in [5.74, 6) is 0. The van der Waals surface area contributed by atoms with E-state index in [-0.39, 0.29) is 6.04 Å². The Morgan fingerprint density at radius 2 is 1.60 bits per heavy atom. The number of nitrogens with two attached hydrogens (primary N) is 1. The fourth-order valence-corrected chi connectivity index (χ4v) is 2.27. The quantitative estimate of drug-likeness (QED) is 0.878. The fourth-order valence-electron chi connectivity index (χ4n) is 2.14. The average Bonchev–Trinajstić information content (AvgIpc) is 2.48. The number of hydrogen-bond donors (Lipinski definition) is 1. The Bertz CT molecular complexity index is 522. The monoisotopic (exact) mass is 289 g/mol. The van der Waals surface area contributed by atoms with E-state index in [2.05, 4.69) is 24.3 Å². The van der Waals surface area contributed by atoms with Crippen molar-refractivity contribution in [2.45, 2.75) is 18.9 Å². The van der Waals surface area contributed by atoms with Crippen LogP contribution in [0.4, 0.5) is 0 Å². The summed E-state index contributed by atoms with van der Waals surface area (Å²) in [5, 5.41) is 0.754. The van der Waals surface area contributed by atoms with Crippen LogP contribution in [0.2, 0.25) is 5.02 Å². The first kappa shape index (κ1) is 15.0. The molecular weight excluding hydrogens is 270 g/mol. The number of benzene rings is 2. The van der Waals surface area contributed by atoms with E-state index in [4.69, 9.17) is 22.1 Å². The van der Waals surface area contributed by atoms with Gasteiger partial charge < -0.3 is 10.5 Å². The first-order valence-electron chi connectivity index (χ1n) is 6.77. The van der Waals surface area contributed by atoms with Crippen LogP contribution in [0.15, 0.2) is 48.5 Å². The van der Waals surface area contributed by atoms with Crippen molar-refractivity contribution in [1.29, 1.82) is 0 Å². The lowest BCUT2D eigenvalue weighted by molar-refractivity contribution is 0.202. The number of halogens is 1. The van der Waals surface area contributed by atoms with Gasteiger partial charge in [0.15, 0.2) is 0 Å². The molecule has 1 atom stereocenters. The third-order valence-corrected chi connectivity index (χ3v) is 3.62. The Labute approximate surface area is 125 Å². The maximum atomic E-state index is 6.26. The lowest BCUT2D eigenvalue weighted by Crippen LogP contribution is -2.13. The molecule has 0 spiro atoms. The Morgan fingerprint density at radius 1 is 1.00 bits per heavy atom. The smallest absolute Gasteiger partial charge is 0.0502 e. The molecule has 0 amide bonds. The second kappa shape index (κ2) is 7.44. The van der Waals surface area contributed by atoms with Gasteiger partial charge in [-0.05, 0) is 41.7 Å². The zero-order valence-corrected chi connectivity index (χ0v) is 12.4. The van der Waals surface area contributed by atoms with E-state index >= 15 is 0 Å². The molecule has 0 aliphatic heterocycles. The van der Waals surface area contributed by atoms with Crippen LogP contribution in [0.25, 0.3) is 0 Å². The zero-order chi connectivity index (χ0) is 14.4. The van der Waals surface area contributed by atoms with E-state index in [1.54, 1.807) is 7.11 Å². The molecule has 0 radical (unpaired) electrons. The lowest BCUT2D eigenvalue weighted by atomic mass is 9.98. The summed E-state index contributed by atoms with van der Waals surface area (Å²) in [7, 11) is 1.72. The minimum atomic E-state index is 0.00708. The van der Waals surface area contributed by atoms with Gasteiger partial charge in [-0.25, -0.2) is 0 Å². The van der Waals surface area contributed by atoms with Crippen LogP contribution < -0.4 is 5.73 Å². The van der Waals surface area contributed by atoms with Gasteiger partial charge in [0, 0.05) is 18.2 Å². The molecule has 20 heavy (non-hydrogen) atoms. The average molecular weight is 290 g/mol. The van der Waals surface area contributed by atoms with E-state index in [1.807, 2.05) is 24.3 Å².